The Balaban J connectivity index is 1.82. The number of halogens is 1. The van der Waals surface area contributed by atoms with E-state index in [4.69, 9.17) is 0 Å². The summed E-state index contributed by atoms with van der Waals surface area (Å²) in [6, 6.07) is 8.89. The normalized spacial score (nSPS) is 28.7. The van der Waals surface area contributed by atoms with E-state index in [1.165, 1.54) is 60.8 Å². The molecule has 0 spiro atoms. The van der Waals surface area contributed by atoms with Gasteiger partial charge in [-0.25, -0.2) is 0 Å². The summed E-state index contributed by atoms with van der Waals surface area (Å²) in [6.07, 6.45) is 7.96. The smallest absolute Gasteiger partial charge is 0.0412 e. The quantitative estimate of drug-likeness (QED) is 0.850. The van der Waals surface area contributed by atoms with Crippen molar-refractivity contribution in [3.8, 4) is 0 Å². The third-order valence-corrected chi connectivity index (χ3v) is 5.60. The molecular formula is C18H27BrN2. The van der Waals surface area contributed by atoms with E-state index in [2.05, 4.69) is 58.2 Å². The lowest BCUT2D eigenvalue weighted by atomic mass is 9.81. The monoisotopic (exact) mass is 350 g/mol. The Morgan fingerprint density at radius 1 is 1.24 bits per heavy atom. The minimum absolute atomic E-state index is 0.722. The maximum atomic E-state index is 3.76. The van der Waals surface area contributed by atoms with Crippen LogP contribution in [0, 0.1) is 6.92 Å². The molecule has 3 rings (SSSR count). The molecule has 116 valence electrons. The second-order valence-electron chi connectivity index (χ2n) is 6.70. The Labute approximate surface area is 137 Å². The maximum Gasteiger partial charge on any atom is 0.0412 e. The predicted molar refractivity (Wildman–Crippen MR) is 94.1 cm³/mol. The first-order valence-electron chi connectivity index (χ1n) is 8.47. The summed E-state index contributed by atoms with van der Waals surface area (Å²) in [5.74, 6) is 0. The molecule has 2 aliphatic rings. The molecule has 2 nitrogen and oxygen atoms in total. The molecule has 1 aromatic rings. The highest BCUT2D eigenvalue weighted by Gasteiger charge is 2.38. The zero-order valence-corrected chi connectivity index (χ0v) is 14.8. The number of piperidine rings is 2. The number of nitrogens with one attached hydrogen (secondary N) is 1. The molecule has 0 aromatic heterocycles. The minimum Gasteiger partial charge on any atom is -0.365 e. The molecule has 1 aromatic carbocycles. The van der Waals surface area contributed by atoms with E-state index in [9.17, 15) is 0 Å². The van der Waals surface area contributed by atoms with Crippen LogP contribution in [0.5, 0.6) is 0 Å². The molecule has 2 fully saturated rings. The average molecular weight is 351 g/mol. The fourth-order valence-corrected chi connectivity index (χ4v) is 4.50. The SMILES string of the molecule is CCCNC1CC2CCCC(C1)N2c1cc(Br)ccc1C. The Hall–Kier alpha value is -0.540. The van der Waals surface area contributed by atoms with Gasteiger partial charge in [-0.3, -0.25) is 0 Å². The Kier molecular flexibility index (Phi) is 4.90. The number of hydrogen-bond donors (Lipinski definition) is 1. The standard InChI is InChI=1S/C18H27BrN2/c1-3-9-20-15-11-16-5-4-6-17(12-15)21(16)18-10-14(19)8-7-13(18)2/h7-8,10,15-17,20H,3-6,9,11-12H2,1-2H3. The van der Waals surface area contributed by atoms with Crippen molar-refractivity contribution in [2.45, 2.75) is 70.5 Å². The summed E-state index contributed by atoms with van der Waals surface area (Å²) in [5.41, 5.74) is 2.86. The molecule has 21 heavy (non-hydrogen) atoms. The van der Waals surface area contributed by atoms with E-state index in [0.29, 0.717) is 0 Å². The lowest BCUT2D eigenvalue weighted by molar-refractivity contribution is 0.245. The molecule has 2 bridgehead atoms. The molecule has 2 unspecified atom stereocenters. The van der Waals surface area contributed by atoms with E-state index in [0.717, 1.165) is 18.1 Å². The van der Waals surface area contributed by atoms with E-state index < -0.39 is 0 Å². The van der Waals surface area contributed by atoms with Crippen molar-refractivity contribution in [3.05, 3.63) is 28.2 Å². The molecule has 0 radical (unpaired) electrons. The van der Waals surface area contributed by atoms with Crippen molar-refractivity contribution in [1.82, 2.24) is 5.32 Å². The van der Waals surface area contributed by atoms with Gasteiger partial charge in [-0.2, -0.15) is 0 Å². The van der Waals surface area contributed by atoms with Gasteiger partial charge in [0.05, 0.1) is 0 Å². The van der Waals surface area contributed by atoms with Crippen LogP contribution in [0.1, 0.15) is 51.0 Å². The fourth-order valence-electron chi connectivity index (χ4n) is 4.15. The summed E-state index contributed by atoms with van der Waals surface area (Å²) in [4.78, 5) is 2.74. The molecule has 0 amide bonds. The molecule has 0 saturated carbocycles. The van der Waals surface area contributed by atoms with Gasteiger partial charge < -0.3 is 10.2 Å². The van der Waals surface area contributed by atoms with Crippen molar-refractivity contribution < 1.29 is 0 Å². The molecule has 2 heterocycles. The van der Waals surface area contributed by atoms with E-state index >= 15 is 0 Å². The predicted octanol–water partition coefficient (Wildman–Crippen LogP) is 4.65. The number of hydrogen-bond acceptors (Lipinski definition) is 2. The van der Waals surface area contributed by atoms with Gasteiger partial charge in [-0.05, 0) is 69.7 Å². The van der Waals surface area contributed by atoms with Gasteiger partial charge in [0.2, 0.25) is 0 Å². The zero-order chi connectivity index (χ0) is 14.8. The first-order chi connectivity index (χ1) is 10.2. The molecule has 2 atom stereocenters. The van der Waals surface area contributed by atoms with Crippen molar-refractivity contribution in [2.75, 3.05) is 11.4 Å². The Morgan fingerprint density at radius 3 is 2.62 bits per heavy atom. The Bertz CT molecular complexity index is 474. The van der Waals surface area contributed by atoms with Crippen molar-refractivity contribution >= 4 is 21.6 Å². The van der Waals surface area contributed by atoms with E-state index in [1.54, 1.807) is 0 Å². The largest absolute Gasteiger partial charge is 0.365 e. The van der Waals surface area contributed by atoms with Crippen LogP contribution in [0.3, 0.4) is 0 Å². The number of aryl methyl sites for hydroxylation is 1. The topological polar surface area (TPSA) is 15.3 Å². The molecule has 2 saturated heterocycles. The summed E-state index contributed by atoms with van der Waals surface area (Å²) in [6.45, 7) is 5.67. The number of anilines is 1. The lowest BCUT2D eigenvalue weighted by Gasteiger charge is -2.51. The van der Waals surface area contributed by atoms with Crippen molar-refractivity contribution in [3.63, 3.8) is 0 Å². The Morgan fingerprint density at radius 2 is 1.95 bits per heavy atom. The van der Waals surface area contributed by atoms with Gasteiger partial charge in [0.25, 0.3) is 0 Å². The van der Waals surface area contributed by atoms with Gasteiger partial charge in [-0.1, -0.05) is 28.9 Å². The molecule has 1 N–H and O–H groups in total. The van der Waals surface area contributed by atoms with Crippen LogP contribution in [0.2, 0.25) is 0 Å². The van der Waals surface area contributed by atoms with Gasteiger partial charge in [0, 0.05) is 28.3 Å². The summed E-state index contributed by atoms with van der Waals surface area (Å²) in [5, 5.41) is 3.76. The highest BCUT2D eigenvalue weighted by atomic mass is 79.9. The first kappa shape index (κ1) is 15.4. The summed E-state index contributed by atoms with van der Waals surface area (Å²) in [7, 11) is 0. The minimum atomic E-state index is 0.722. The molecular weight excluding hydrogens is 324 g/mol. The highest BCUT2D eigenvalue weighted by molar-refractivity contribution is 9.10. The second-order valence-corrected chi connectivity index (χ2v) is 7.61. The van der Waals surface area contributed by atoms with Crippen LogP contribution in [-0.4, -0.2) is 24.7 Å². The van der Waals surface area contributed by atoms with Crippen LogP contribution < -0.4 is 10.2 Å². The number of rotatable bonds is 4. The van der Waals surface area contributed by atoms with Gasteiger partial charge >= 0.3 is 0 Å². The van der Waals surface area contributed by atoms with Crippen LogP contribution in [0.25, 0.3) is 0 Å². The lowest BCUT2D eigenvalue weighted by Crippen LogP contribution is -2.56. The number of fused-ring (bicyclic) bond motifs is 2. The number of benzene rings is 1. The van der Waals surface area contributed by atoms with Crippen molar-refractivity contribution in [2.24, 2.45) is 0 Å². The zero-order valence-electron chi connectivity index (χ0n) is 13.2. The van der Waals surface area contributed by atoms with Gasteiger partial charge in [-0.15, -0.1) is 0 Å². The van der Waals surface area contributed by atoms with E-state index in [1.807, 2.05) is 0 Å². The van der Waals surface area contributed by atoms with Crippen LogP contribution in [0.15, 0.2) is 22.7 Å². The maximum absolute atomic E-state index is 3.76. The van der Waals surface area contributed by atoms with Gasteiger partial charge in [0.1, 0.15) is 0 Å². The molecule has 0 aliphatic carbocycles. The van der Waals surface area contributed by atoms with E-state index in [-0.39, 0.29) is 0 Å². The van der Waals surface area contributed by atoms with Crippen molar-refractivity contribution in [1.29, 1.82) is 0 Å². The second kappa shape index (κ2) is 6.70. The van der Waals surface area contributed by atoms with Crippen LogP contribution in [0.4, 0.5) is 5.69 Å². The first-order valence-corrected chi connectivity index (χ1v) is 9.26. The highest BCUT2D eigenvalue weighted by Crippen LogP contribution is 2.39. The summed E-state index contributed by atoms with van der Waals surface area (Å²) >= 11 is 3.65. The average Bonchev–Trinajstić information content (AvgIpc) is 2.46. The fraction of sp³-hybridized carbons (Fsp3) is 0.667. The van der Waals surface area contributed by atoms with Crippen LogP contribution in [-0.2, 0) is 0 Å². The number of nitrogens with zero attached hydrogens (tertiary/aromatic N) is 1. The third kappa shape index (κ3) is 3.29. The molecule has 3 heteroatoms. The van der Waals surface area contributed by atoms with Crippen LogP contribution >= 0.6 is 15.9 Å². The third-order valence-electron chi connectivity index (χ3n) is 5.11. The van der Waals surface area contributed by atoms with Gasteiger partial charge in [0.15, 0.2) is 0 Å². The molecule has 2 aliphatic heterocycles. The summed E-state index contributed by atoms with van der Waals surface area (Å²) < 4.78 is 1.20.